The Hall–Kier alpha value is -2.13. The third kappa shape index (κ3) is 8.31. The molecule has 170 valence electrons. The SMILES string of the molecule is CCN1CCN(CCCCNC(=NC)NCc2cc(OC)ccc2OC(F)F)CC1. The lowest BCUT2D eigenvalue weighted by Gasteiger charge is -2.34. The normalized spacial score (nSPS) is 16.0. The van der Waals surface area contributed by atoms with Crippen LogP contribution in [0.2, 0.25) is 0 Å². The predicted octanol–water partition coefficient (Wildman–Crippen LogP) is 2.38. The minimum Gasteiger partial charge on any atom is -0.497 e. The molecule has 30 heavy (non-hydrogen) atoms. The highest BCUT2D eigenvalue weighted by Crippen LogP contribution is 2.25. The number of hydrogen-bond donors (Lipinski definition) is 2. The first-order chi connectivity index (χ1) is 14.5. The number of rotatable bonds is 11. The monoisotopic (exact) mass is 427 g/mol. The Bertz CT molecular complexity index is 652. The number of benzene rings is 1. The molecule has 0 bridgehead atoms. The first-order valence-electron chi connectivity index (χ1n) is 10.6. The third-order valence-electron chi connectivity index (χ3n) is 5.26. The fourth-order valence-corrected chi connectivity index (χ4v) is 3.43. The molecule has 0 aliphatic carbocycles. The fraction of sp³-hybridized carbons (Fsp3) is 0.667. The first kappa shape index (κ1) is 24.1. The predicted molar refractivity (Wildman–Crippen MR) is 116 cm³/mol. The number of halogens is 2. The molecule has 7 nitrogen and oxygen atoms in total. The molecule has 1 heterocycles. The van der Waals surface area contributed by atoms with Crippen molar-refractivity contribution in [3.8, 4) is 11.5 Å². The lowest BCUT2D eigenvalue weighted by atomic mass is 10.2. The standard InChI is InChI=1S/C21H35F2N5O2/c1-4-27-11-13-28(14-12-27)10-6-5-9-25-21(24-2)26-16-17-15-18(29-3)7-8-19(17)30-20(22)23/h7-8,15,20H,4-6,9-14,16H2,1-3H3,(H2,24,25,26). The van der Waals surface area contributed by atoms with Crippen LogP contribution in [0.15, 0.2) is 23.2 Å². The van der Waals surface area contributed by atoms with Crippen molar-refractivity contribution in [1.29, 1.82) is 0 Å². The molecular weight excluding hydrogens is 392 g/mol. The topological polar surface area (TPSA) is 61.4 Å². The molecule has 1 aromatic rings. The largest absolute Gasteiger partial charge is 0.497 e. The van der Waals surface area contributed by atoms with E-state index in [0.717, 1.165) is 58.7 Å². The van der Waals surface area contributed by atoms with Gasteiger partial charge in [0.15, 0.2) is 5.96 Å². The smallest absolute Gasteiger partial charge is 0.387 e. The van der Waals surface area contributed by atoms with Gasteiger partial charge in [0, 0.05) is 51.9 Å². The zero-order valence-corrected chi connectivity index (χ0v) is 18.3. The van der Waals surface area contributed by atoms with E-state index in [9.17, 15) is 8.78 Å². The van der Waals surface area contributed by atoms with Crippen LogP contribution in [-0.4, -0.2) is 82.3 Å². The zero-order valence-electron chi connectivity index (χ0n) is 18.3. The van der Waals surface area contributed by atoms with Crippen molar-refractivity contribution in [2.75, 3.05) is 60.0 Å². The number of unbranched alkanes of at least 4 members (excludes halogenated alkanes) is 1. The van der Waals surface area contributed by atoms with Crippen molar-refractivity contribution < 1.29 is 18.3 Å². The number of guanidine groups is 1. The summed E-state index contributed by atoms with van der Waals surface area (Å²) < 4.78 is 35.1. The van der Waals surface area contributed by atoms with Crippen LogP contribution in [0.3, 0.4) is 0 Å². The summed E-state index contributed by atoms with van der Waals surface area (Å²) >= 11 is 0. The van der Waals surface area contributed by atoms with Gasteiger partial charge in [-0.15, -0.1) is 0 Å². The Morgan fingerprint density at radius 3 is 2.50 bits per heavy atom. The number of nitrogens with zero attached hydrogens (tertiary/aromatic N) is 3. The van der Waals surface area contributed by atoms with Crippen molar-refractivity contribution in [2.45, 2.75) is 32.9 Å². The summed E-state index contributed by atoms with van der Waals surface area (Å²) in [6, 6.07) is 4.76. The second-order valence-corrected chi connectivity index (χ2v) is 7.19. The minimum atomic E-state index is -2.88. The van der Waals surface area contributed by atoms with Crippen LogP contribution >= 0.6 is 0 Å². The molecular formula is C21H35F2N5O2. The van der Waals surface area contributed by atoms with Crippen LogP contribution in [0.5, 0.6) is 11.5 Å². The Labute approximate surface area is 178 Å². The Morgan fingerprint density at radius 2 is 1.87 bits per heavy atom. The van der Waals surface area contributed by atoms with Crippen LogP contribution < -0.4 is 20.1 Å². The average molecular weight is 428 g/mol. The van der Waals surface area contributed by atoms with Gasteiger partial charge in [-0.05, 0) is 44.1 Å². The number of piperazine rings is 1. The molecule has 0 spiro atoms. The van der Waals surface area contributed by atoms with Gasteiger partial charge in [-0.1, -0.05) is 6.92 Å². The molecule has 0 aromatic heterocycles. The van der Waals surface area contributed by atoms with Crippen LogP contribution in [-0.2, 0) is 6.54 Å². The number of alkyl halides is 2. The van der Waals surface area contributed by atoms with E-state index < -0.39 is 6.61 Å². The fourth-order valence-electron chi connectivity index (χ4n) is 3.43. The molecule has 1 saturated heterocycles. The number of likely N-dealkylation sites (N-methyl/N-ethyl adjacent to an activating group) is 1. The van der Waals surface area contributed by atoms with Gasteiger partial charge in [0.05, 0.1) is 7.11 Å². The van der Waals surface area contributed by atoms with Crippen LogP contribution in [0.25, 0.3) is 0 Å². The Kier molecular flexibility index (Phi) is 10.6. The quantitative estimate of drug-likeness (QED) is 0.321. The molecule has 1 fully saturated rings. The van der Waals surface area contributed by atoms with E-state index in [1.807, 2.05) is 0 Å². The summed E-state index contributed by atoms with van der Waals surface area (Å²) in [4.78, 5) is 9.20. The highest BCUT2D eigenvalue weighted by Gasteiger charge is 2.14. The molecule has 1 aliphatic rings. The number of hydrogen-bond acceptors (Lipinski definition) is 5. The van der Waals surface area contributed by atoms with Gasteiger partial charge in [0.25, 0.3) is 0 Å². The molecule has 1 aromatic carbocycles. The van der Waals surface area contributed by atoms with Crippen molar-refractivity contribution in [3.05, 3.63) is 23.8 Å². The van der Waals surface area contributed by atoms with Crippen molar-refractivity contribution in [1.82, 2.24) is 20.4 Å². The van der Waals surface area contributed by atoms with Crippen LogP contribution in [0.1, 0.15) is 25.3 Å². The number of ether oxygens (including phenoxy) is 2. The van der Waals surface area contributed by atoms with E-state index in [1.54, 1.807) is 19.2 Å². The Morgan fingerprint density at radius 1 is 1.13 bits per heavy atom. The van der Waals surface area contributed by atoms with E-state index in [1.165, 1.54) is 13.2 Å². The summed E-state index contributed by atoms with van der Waals surface area (Å²) in [5.74, 6) is 1.32. The van der Waals surface area contributed by atoms with Crippen molar-refractivity contribution in [2.24, 2.45) is 4.99 Å². The summed E-state index contributed by atoms with van der Waals surface area (Å²) in [5, 5.41) is 6.42. The second-order valence-electron chi connectivity index (χ2n) is 7.19. The molecule has 2 N–H and O–H groups in total. The zero-order chi connectivity index (χ0) is 21.8. The number of methoxy groups -OCH3 is 1. The van der Waals surface area contributed by atoms with Crippen LogP contribution in [0, 0.1) is 0 Å². The molecule has 0 radical (unpaired) electrons. The lowest BCUT2D eigenvalue weighted by molar-refractivity contribution is -0.0504. The molecule has 0 atom stereocenters. The molecule has 2 rings (SSSR count). The molecule has 0 amide bonds. The lowest BCUT2D eigenvalue weighted by Crippen LogP contribution is -2.46. The highest BCUT2D eigenvalue weighted by molar-refractivity contribution is 5.79. The first-order valence-corrected chi connectivity index (χ1v) is 10.6. The maximum atomic E-state index is 12.6. The summed E-state index contributed by atoms with van der Waals surface area (Å²) in [7, 11) is 3.22. The minimum absolute atomic E-state index is 0.122. The van der Waals surface area contributed by atoms with E-state index in [0.29, 0.717) is 23.8 Å². The van der Waals surface area contributed by atoms with Gasteiger partial charge in [0.1, 0.15) is 11.5 Å². The van der Waals surface area contributed by atoms with E-state index in [4.69, 9.17) is 4.74 Å². The maximum absolute atomic E-state index is 12.6. The van der Waals surface area contributed by atoms with Gasteiger partial charge in [-0.2, -0.15) is 8.78 Å². The van der Waals surface area contributed by atoms with Gasteiger partial charge >= 0.3 is 6.61 Å². The van der Waals surface area contributed by atoms with Crippen molar-refractivity contribution in [3.63, 3.8) is 0 Å². The summed E-state index contributed by atoms with van der Waals surface area (Å²) in [5.41, 5.74) is 0.573. The molecule has 0 unspecified atom stereocenters. The van der Waals surface area contributed by atoms with E-state index in [2.05, 4.69) is 37.1 Å². The average Bonchev–Trinajstić information content (AvgIpc) is 2.76. The van der Waals surface area contributed by atoms with Gasteiger partial charge in [-0.3, -0.25) is 4.99 Å². The third-order valence-corrected chi connectivity index (χ3v) is 5.26. The number of aliphatic imine (C=N–C) groups is 1. The Balaban J connectivity index is 1.71. The van der Waals surface area contributed by atoms with Gasteiger partial charge in [-0.25, -0.2) is 0 Å². The number of nitrogens with one attached hydrogen (secondary N) is 2. The summed E-state index contributed by atoms with van der Waals surface area (Å²) in [6.45, 7) is 7.29. The van der Waals surface area contributed by atoms with Gasteiger partial charge in [0.2, 0.25) is 0 Å². The van der Waals surface area contributed by atoms with Gasteiger partial charge < -0.3 is 29.9 Å². The highest BCUT2D eigenvalue weighted by atomic mass is 19.3. The molecule has 9 heteroatoms. The van der Waals surface area contributed by atoms with Crippen LogP contribution in [0.4, 0.5) is 8.78 Å². The van der Waals surface area contributed by atoms with E-state index >= 15 is 0 Å². The maximum Gasteiger partial charge on any atom is 0.387 e. The van der Waals surface area contributed by atoms with E-state index in [-0.39, 0.29) is 5.75 Å². The van der Waals surface area contributed by atoms with Crippen molar-refractivity contribution >= 4 is 5.96 Å². The molecule has 0 saturated carbocycles. The second kappa shape index (κ2) is 13.2. The molecule has 1 aliphatic heterocycles. The summed E-state index contributed by atoms with van der Waals surface area (Å²) in [6.07, 6.45) is 2.16.